The van der Waals surface area contributed by atoms with Gasteiger partial charge in [-0.2, -0.15) is 0 Å². The maximum atomic E-state index is 11.8. The molecule has 19 heavy (non-hydrogen) atoms. The summed E-state index contributed by atoms with van der Waals surface area (Å²) in [5, 5.41) is 4.08. The minimum absolute atomic E-state index is 0.340. The van der Waals surface area contributed by atoms with Crippen LogP contribution in [-0.2, 0) is 4.74 Å². The number of fused-ring (bicyclic) bond motifs is 2. The van der Waals surface area contributed by atoms with Gasteiger partial charge in [0.15, 0.2) is 0 Å². The molecule has 0 spiro atoms. The van der Waals surface area contributed by atoms with Crippen LogP contribution in [0.4, 0.5) is 5.69 Å². The highest BCUT2D eigenvalue weighted by Gasteiger charge is 2.39. The van der Waals surface area contributed by atoms with E-state index in [-0.39, 0.29) is 5.97 Å². The standard InChI is InChI=1S/C15H18ClNO2/c1-19-15(18)12-8-11(16)4-5-13(12)17-14-7-9-2-3-10(14)6-9/h4-5,8-10,14,17H,2-3,6-7H2,1H3. The summed E-state index contributed by atoms with van der Waals surface area (Å²) in [4.78, 5) is 11.8. The van der Waals surface area contributed by atoms with Crippen molar-refractivity contribution >= 4 is 23.3 Å². The number of hydrogen-bond acceptors (Lipinski definition) is 3. The third kappa shape index (κ3) is 2.44. The van der Waals surface area contributed by atoms with Crippen molar-refractivity contribution in [2.45, 2.75) is 31.7 Å². The van der Waals surface area contributed by atoms with E-state index in [0.29, 0.717) is 16.6 Å². The fraction of sp³-hybridized carbons (Fsp3) is 0.533. The van der Waals surface area contributed by atoms with Gasteiger partial charge in [0, 0.05) is 16.8 Å². The van der Waals surface area contributed by atoms with Gasteiger partial charge in [-0.05, 0) is 49.3 Å². The molecule has 4 heteroatoms. The van der Waals surface area contributed by atoms with Crippen LogP contribution >= 0.6 is 11.6 Å². The third-order valence-electron chi connectivity index (χ3n) is 4.47. The molecule has 102 valence electrons. The van der Waals surface area contributed by atoms with Gasteiger partial charge >= 0.3 is 5.97 Å². The highest BCUT2D eigenvalue weighted by atomic mass is 35.5. The van der Waals surface area contributed by atoms with Crippen LogP contribution in [0.25, 0.3) is 0 Å². The summed E-state index contributed by atoms with van der Waals surface area (Å²) in [6.07, 6.45) is 5.23. The van der Waals surface area contributed by atoms with Gasteiger partial charge in [0.1, 0.15) is 0 Å². The Morgan fingerprint density at radius 2 is 2.21 bits per heavy atom. The smallest absolute Gasteiger partial charge is 0.340 e. The summed E-state index contributed by atoms with van der Waals surface area (Å²) in [5.74, 6) is 1.29. The molecule has 3 atom stereocenters. The molecule has 1 aromatic carbocycles. The van der Waals surface area contributed by atoms with Gasteiger partial charge < -0.3 is 10.1 Å². The number of esters is 1. The number of anilines is 1. The van der Waals surface area contributed by atoms with Crippen molar-refractivity contribution in [3.63, 3.8) is 0 Å². The first kappa shape index (κ1) is 12.8. The van der Waals surface area contributed by atoms with Crippen LogP contribution in [0, 0.1) is 11.8 Å². The number of hydrogen-bond donors (Lipinski definition) is 1. The Hall–Kier alpha value is -1.22. The SMILES string of the molecule is COC(=O)c1cc(Cl)ccc1NC1CC2CCC1C2. The molecule has 0 amide bonds. The average Bonchev–Trinajstić information content (AvgIpc) is 3.02. The van der Waals surface area contributed by atoms with E-state index in [9.17, 15) is 4.79 Å². The summed E-state index contributed by atoms with van der Waals surface area (Å²) < 4.78 is 4.82. The van der Waals surface area contributed by atoms with Crippen molar-refractivity contribution in [3.05, 3.63) is 28.8 Å². The number of halogens is 1. The first-order valence-electron chi connectivity index (χ1n) is 6.82. The minimum Gasteiger partial charge on any atom is -0.465 e. The zero-order valence-corrected chi connectivity index (χ0v) is 11.7. The molecule has 3 nitrogen and oxygen atoms in total. The van der Waals surface area contributed by atoms with Crippen molar-refractivity contribution in [1.82, 2.24) is 0 Å². The van der Waals surface area contributed by atoms with Crippen molar-refractivity contribution < 1.29 is 9.53 Å². The summed E-state index contributed by atoms with van der Waals surface area (Å²) in [7, 11) is 1.39. The molecule has 0 aromatic heterocycles. The normalized spacial score (nSPS) is 28.4. The van der Waals surface area contributed by atoms with Crippen LogP contribution in [0.5, 0.6) is 0 Å². The molecular formula is C15H18ClNO2. The van der Waals surface area contributed by atoms with Crippen LogP contribution < -0.4 is 5.32 Å². The number of benzene rings is 1. The lowest BCUT2D eigenvalue weighted by Gasteiger charge is -2.25. The molecule has 2 bridgehead atoms. The molecular weight excluding hydrogens is 262 g/mol. The van der Waals surface area contributed by atoms with Gasteiger partial charge in [-0.1, -0.05) is 18.0 Å². The number of carbonyl (C=O) groups is 1. The molecule has 3 unspecified atom stereocenters. The minimum atomic E-state index is -0.340. The van der Waals surface area contributed by atoms with Gasteiger partial charge in [-0.15, -0.1) is 0 Å². The zero-order chi connectivity index (χ0) is 13.4. The number of methoxy groups -OCH3 is 1. The van der Waals surface area contributed by atoms with Crippen LogP contribution in [-0.4, -0.2) is 19.1 Å². The summed E-state index contributed by atoms with van der Waals surface area (Å²) in [6, 6.07) is 5.84. The Balaban J connectivity index is 1.82. The number of carbonyl (C=O) groups excluding carboxylic acids is 1. The predicted molar refractivity (Wildman–Crippen MR) is 75.7 cm³/mol. The predicted octanol–water partition coefficient (Wildman–Crippen LogP) is 3.73. The molecule has 0 saturated heterocycles. The Labute approximate surface area is 118 Å². The highest BCUT2D eigenvalue weighted by molar-refractivity contribution is 6.31. The lowest BCUT2D eigenvalue weighted by molar-refractivity contribution is 0.0601. The van der Waals surface area contributed by atoms with Gasteiger partial charge in [-0.3, -0.25) is 0 Å². The first-order chi connectivity index (χ1) is 9.17. The summed E-state index contributed by atoms with van der Waals surface area (Å²) >= 11 is 5.96. The number of ether oxygens (including phenoxy) is 1. The summed E-state index contributed by atoms with van der Waals surface area (Å²) in [6.45, 7) is 0. The van der Waals surface area contributed by atoms with E-state index in [0.717, 1.165) is 17.5 Å². The molecule has 0 heterocycles. The van der Waals surface area contributed by atoms with Crippen LogP contribution in [0.15, 0.2) is 18.2 Å². The third-order valence-corrected chi connectivity index (χ3v) is 4.70. The summed E-state index contributed by atoms with van der Waals surface area (Å²) in [5.41, 5.74) is 1.37. The van der Waals surface area contributed by atoms with Gasteiger partial charge in [0.2, 0.25) is 0 Å². The molecule has 2 fully saturated rings. The molecule has 0 radical (unpaired) electrons. The van der Waals surface area contributed by atoms with Crippen molar-refractivity contribution in [3.8, 4) is 0 Å². The highest BCUT2D eigenvalue weighted by Crippen LogP contribution is 2.45. The van der Waals surface area contributed by atoms with E-state index in [2.05, 4.69) is 5.32 Å². The largest absolute Gasteiger partial charge is 0.465 e. The quantitative estimate of drug-likeness (QED) is 0.857. The molecule has 2 aliphatic rings. The molecule has 2 aliphatic carbocycles. The monoisotopic (exact) mass is 279 g/mol. The average molecular weight is 280 g/mol. The van der Waals surface area contributed by atoms with Gasteiger partial charge in [-0.25, -0.2) is 4.79 Å². The fourth-order valence-corrected chi connectivity index (χ4v) is 3.71. The molecule has 1 aromatic rings. The second kappa shape index (κ2) is 5.04. The van der Waals surface area contributed by atoms with Gasteiger partial charge in [0.25, 0.3) is 0 Å². The van der Waals surface area contributed by atoms with E-state index in [1.54, 1.807) is 6.07 Å². The Kier molecular flexibility index (Phi) is 3.40. The van der Waals surface area contributed by atoms with Crippen molar-refractivity contribution in [2.24, 2.45) is 11.8 Å². The first-order valence-corrected chi connectivity index (χ1v) is 7.19. The topological polar surface area (TPSA) is 38.3 Å². The van der Waals surface area contributed by atoms with Crippen molar-refractivity contribution in [2.75, 3.05) is 12.4 Å². The Morgan fingerprint density at radius 1 is 1.37 bits per heavy atom. The van der Waals surface area contributed by atoms with Crippen molar-refractivity contribution in [1.29, 1.82) is 0 Å². The van der Waals surface area contributed by atoms with Gasteiger partial charge in [0.05, 0.1) is 12.7 Å². The lowest BCUT2D eigenvalue weighted by atomic mass is 9.95. The van der Waals surface area contributed by atoms with Crippen LogP contribution in [0.2, 0.25) is 5.02 Å². The van der Waals surface area contributed by atoms with Crippen LogP contribution in [0.1, 0.15) is 36.0 Å². The Morgan fingerprint density at radius 3 is 2.84 bits per heavy atom. The maximum absolute atomic E-state index is 11.8. The van der Waals surface area contributed by atoms with E-state index in [4.69, 9.17) is 16.3 Å². The molecule has 1 N–H and O–H groups in total. The van der Waals surface area contributed by atoms with E-state index in [1.165, 1.54) is 32.8 Å². The van der Waals surface area contributed by atoms with Crippen LogP contribution in [0.3, 0.4) is 0 Å². The second-order valence-electron chi connectivity index (χ2n) is 5.61. The lowest BCUT2D eigenvalue weighted by Crippen LogP contribution is -2.26. The Bertz CT molecular complexity index is 503. The molecule has 3 rings (SSSR count). The molecule has 0 aliphatic heterocycles. The number of rotatable bonds is 3. The zero-order valence-electron chi connectivity index (χ0n) is 11.0. The van der Waals surface area contributed by atoms with E-state index >= 15 is 0 Å². The maximum Gasteiger partial charge on any atom is 0.340 e. The second-order valence-corrected chi connectivity index (χ2v) is 6.04. The van der Waals surface area contributed by atoms with E-state index in [1.807, 2.05) is 12.1 Å². The number of nitrogens with one attached hydrogen (secondary N) is 1. The fourth-order valence-electron chi connectivity index (χ4n) is 3.54. The molecule has 2 saturated carbocycles. The van der Waals surface area contributed by atoms with E-state index < -0.39 is 0 Å².